The van der Waals surface area contributed by atoms with Gasteiger partial charge in [0.2, 0.25) is 0 Å². The molecular weight excluding hydrogens is 219 g/mol. The molecule has 1 aliphatic carbocycles. The second kappa shape index (κ2) is 3.96. The van der Waals surface area contributed by atoms with Crippen LogP contribution in [0.15, 0.2) is 12.3 Å². The van der Waals surface area contributed by atoms with Gasteiger partial charge in [-0.1, -0.05) is 6.92 Å². The van der Waals surface area contributed by atoms with Crippen molar-refractivity contribution in [2.24, 2.45) is 0 Å². The van der Waals surface area contributed by atoms with Crippen molar-refractivity contribution in [1.82, 2.24) is 4.98 Å². The molecule has 1 aromatic heterocycles. The molecule has 0 atom stereocenters. The molecular formula is C11H12F3NO. The standard InChI is InChI=1S/C11H12F3NO/c1-2-8-9(16-7-3-4-7)5-6-15-10(8)11(12,13)14/h5-7H,2-4H2,1H3. The predicted octanol–water partition coefficient (Wildman–Crippen LogP) is 3.20. The van der Waals surface area contributed by atoms with Gasteiger partial charge in [-0.05, 0) is 25.3 Å². The molecule has 88 valence electrons. The highest BCUT2D eigenvalue weighted by Gasteiger charge is 2.36. The highest BCUT2D eigenvalue weighted by molar-refractivity contribution is 5.37. The van der Waals surface area contributed by atoms with Crippen molar-refractivity contribution in [3.63, 3.8) is 0 Å². The zero-order valence-corrected chi connectivity index (χ0v) is 8.84. The van der Waals surface area contributed by atoms with Gasteiger partial charge in [-0.2, -0.15) is 13.2 Å². The van der Waals surface area contributed by atoms with Gasteiger partial charge in [0.15, 0.2) is 5.69 Å². The van der Waals surface area contributed by atoms with E-state index in [0.29, 0.717) is 5.75 Å². The molecule has 0 amide bonds. The minimum absolute atomic E-state index is 0.0915. The van der Waals surface area contributed by atoms with Crippen LogP contribution in [0.5, 0.6) is 5.75 Å². The van der Waals surface area contributed by atoms with Gasteiger partial charge in [0.05, 0.1) is 6.10 Å². The van der Waals surface area contributed by atoms with E-state index in [-0.39, 0.29) is 18.1 Å². The van der Waals surface area contributed by atoms with Crippen LogP contribution in [0.3, 0.4) is 0 Å². The van der Waals surface area contributed by atoms with Crippen LogP contribution < -0.4 is 4.74 Å². The summed E-state index contributed by atoms with van der Waals surface area (Å²) in [4.78, 5) is 3.40. The average molecular weight is 231 g/mol. The maximum Gasteiger partial charge on any atom is 0.433 e. The summed E-state index contributed by atoms with van der Waals surface area (Å²) in [6.07, 6.45) is -1.05. The van der Waals surface area contributed by atoms with Crippen LogP contribution in [0.4, 0.5) is 13.2 Å². The molecule has 2 nitrogen and oxygen atoms in total. The summed E-state index contributed by atoms with van der Waals surface area (Å²) in [6.45, 7) is 1.67. The van der Waals surface area contributed by atoms with Gasteiger partial charge in [0.25, 0.3) is 0 Å². The Morgan fingerprint density at radius 1 is 1.44 bits per heavy atom. The molecule has 1 fully saturated rings. The lowest BCUT2D eigenvalue weighted by Crippen LogP contribution is -2.13. The normalized spacial score (nSPS) is 16.2. The molecule has 0 radical (unpaired) electrons. The van der Waals surface area contributed by atoms with Crippen molar-refractivity contribution >= 4 is 0 Å². The molecule has 1 saturated carbocycles. The first-order chi connectivity index (χ1) is 7.52. The molecule has 1 heterocycles. The fourth-order valence-corrected chi connectivity index (χ4v) is 1.54. The van der Waals surface area contributed by atoms with Crippen LogP contribution in [0.2, 0.25) is 0 Å². The van der Waals surface area contributed by atoms with Gasteiger partial charge in [0, 0.05) is 11.8 Å². The van der Waals surface area contributed by atoms with Gasteiger partial charge in [0.1, 0.15) is 5.75 Å². The summed E-state index contributed by atoms with van der Waals surface area (Å²) in [7, 11) is 0. The lowest BCUT2D eigenvalue weighted by atomic mass is 10.1. The van der Waals surface area contributed by atoms with Gasteiger partial charge in [-0.25, -0.2) is 0 Å². The van der Waals surface area contributed by atoms with E-state index >= 15 is 0 Å². The molecule has 0 saturated heterocycles. The number of aromatic nitrogens is 1. The van der Waals surface area contributed by atoms with Gasteiger partial charge in [-0.15, -0.1) is 0 Å². The molecule has 0 unspecified atom stereocenters. The molecule has 0 spiro atoms. The molecule has 16 heavy (non-hydrogen) atoms. The molecule has 2 rings (SSSR count). The van der Waals surface area contributed by atoms with Crippen LogP contribution in [0, 0.1) is 0 Å². The first kappa shape index (κ1) is 11.2. The Morgan fingerprint density at radius 3 is 2.62 bits per heavy atom. The van der Waals surface area contributed by atoms with E-state index in [1.54, 1.807) is 6.92 Å². The fourth-order valence-electron chi connectivity index (χ4n) is 1.54. The van der Waals surface area contributed by atoms with Gasteiger partial charge < -0.3 is 4.74 Å². The highest BCUT2D eigenvalue weighted by Crippen LogP contribution is 2.36. The molecule has 1 aromatic rings. The number of hydrogen-bond donors (Lipinski definition) is 0. The van der Waals surface area contributed by atoms with Crippen LogP contribution in [-0.4, -0.2) is 11.1 Å². The average Bonchev–Trinajstić information content (AvgIpc) is 3.00. The number of alkyl halides is 3. The van der Waals surface area contributed by atoms with E-state index in [2.05, 4.69) is 4.98 Å². The van der Waals surface area contributed by atoms with E-state index in [9.17, 15) is 13.2 Å². The zero-order chi connectivity index (χ0) is 11.8. The van der Waals surface area contributed by atoms with Crippen LogP contribution >= 0.6 is 0 Å². The predicted molar refractivity (Wildman–Crippen MR) is 52.3 cm³/mol. The quantitative estimate of drug-likeness (QED) is 0.796. The van der Waals surface area contributed by atoms with Crippen molar-refractivity contribution in [3.8, 4) is 5.75 Å². The van der Waals surface area contributed by atoms with E-state index in [1.807, 2.05) is 0 Å². The van der Waals surface area contributed by atoms with Crippen LogP contribution in [0.25, 0.3) is 0 Å². The van der Waals surface area contributed by atoms with Gasteiger partial charge in [-0.3, -0.25) is 4.98 Å². The van der Waals surface area contributed by atoms with E-state index < -0.39 is 11.9 Å². The van der Waals surface area contributed by atoms with Crippen molar-refractivity contribution in [2.75, 3.05) is 0 Å². The zero-order valence-electron chi connectivity index (χ0n) is 8.84. The first-order valence-electron chi connectivity index (χ1n) is 5.24. The Labute approximate surface area is 91.4 Å². The topological polar surface area (TPSA) is 22.1 Å². The summed E-state index contributed by atoms with van der Waals surface area (Å²) >= 11 is 0. The Hall–Kier alpha value is -1.26. The van der Waals surface area contributed by atoms with Gasteiger partial charge >= 0.3 is 6.18 Å². The van der Waals surface area contributed by atoms with E-state index in [4.69, 9.17) is 4.74 Å². The Balaban J connectivity index is 2.37. The summed E-state index contributed by atoms with van der Waals surface area (Å²) in [5.74, 6) is 0.326. The SMILES string of the molecule is CCc1c(OC2CC2)ccnc1C(F)(F)F. The van der Waals surface area contributed by atoms with Crippen LogP contribution in [0.1, 0.15) is 31.0 Å². The molecule has 0 aliphatic heterocycles. The lowest BCUT2D eigenvalue weighted by Gasteiger charge is -2.14. The second-order valence-electron chi connectivity index (χ2n) is 3.80. The Morgan fingerprint density at radius 2 is 2.12 bits per heavy atom. The smallest absolute Gasteiger partial charge is 0.433 e. The molecule has 0 N–H and O–H groups in total. The molecule has 0 aromatic carbocycles. The maximum atomic E-state index is 12.7. The number of ether oxygens (including phenoxy) is 1. The third kappa shape index (κ3) is 2.28. The number of rotatable bonds is 3. The summed E-state index contributed by atoms with van der Waals surface area (Å²) < 4.78 is 43.4. The van der Waals surface area contributed by atoms with E-state index in [0.717, 1.165) is 19.0 Å². The Bertz CT molecular complexity index is 385. The first-order valence-corrected chi connectivity index (χ1v) is 5.24. The minimum Gasteiger partial charge on any atom is -0.490 e. The van der Waals surface area contributed by atoms with Crippen molar-refractivity contribution < 1.29 is 17.9 Å². The van der Waals surface area contributed by atoms with Crippen molar-refractivity contribution in [3.05, 3.63) is 23.5 Å². The fraction of sp³-hybridized carbons (Fsp3) is 0.545. The third-order valence-electron chi connectivity index (χ3n) is 2.45. The third-order valence-corrected chi connectivity index (χ3v) is 2.45. The molecule has 1 aliphatic rings. The monoisotopic (exact) mass is 231 g/mol. The number of hydrogen-bond acceptors (Lipinski definition) is 2. The molecule has 0 bridgehead atoms. The number of halogens is 3. The summed E-state index contributed by atoms with van der Waals surface area (Å²) in [5.41, 5.74) is -0.671. The van der Waals surface area contributed by atoms with Crippen molar-refractivity contribution in [1.29, 1.82) is 0 Å². The maximum absolute atomic E-state index is 12.7. The van der Waals surface area contributed by atoms with Crippen molar-refractivity contribution in [2.45, 2.75) is 38.5 Å². The summed E-state index contributed by atoms with van der Waals surface area (Å²) in [6, 6.07) is 1.51. The van der Waals surface area contributed by atoms with E-state index in [1.165, 1.54) is 6.07 Å². The second-order valence-corrected chi connectivity index (χ2v) is 3.80. The molecule has 5 heteroatoms. The Kier molecular flexibility index (Phi) is 2.78. The lowest BCUT2D eigenvalue weighted by molar-refractivity contribution is -0.141. The largest absolute Gasteiger partial charge is 0.490 e. The summed E-state index contributed by atoms with van der Waals surface area (Å²) in [5, 5.41) is 0. The van der Waals surface area contributed by atoms with Crippen LogP contribution in [-0.2, 0) is 12.6 Å². The highest BCUT2D eigenvalue weighted by atomic mass is 19.4. The number of pyridine rings is 1. The minimum atomic E-state index is -4.41. The number of nitrogens with zero attached hydrogens (tertiary/aromatic N) is 1.